The fourth-order valence-electron chi connectivity index (χ4n) is 2.99. The van der Waals surface area contributed by atoms with Gasteiger partial charge in [-0.15, -0.1) is 0 Å². The van der Waals surface area contributed by atoms with Crippen molar-refractivity contribution in [2.24, 2.45) is 5.92 Å². The molecule has 0 bridgehead atoms. The highest BCUT2D eigenvalue weighted by Gasteiger charge is 2.36. The van der Waals surface area contributed by atoms with E-state index >= 15 is 0 Å². The summed E-state index contributed by atoms with van der Waals surface area (Å²) in [6.45, 7) is -0.112. The van der Waals surface area contributed by atoms with Gasteiger partial charge in [-0.25, -0.2) is 0 Å². The molecule has 6 heteroatoms. The first-order valence-corrected chi connectivity index (χ1v) is 8.31. The molecule has 6 nitrogen and oxygen atoms in total. The molecule has 1 atom stereocenters. The lowest BCUT2D eigenvalue weighted by Crippen LogP contribution is -2.43. The van der Waals surface area contributed by atoms with E-state index < -0.39 is 0 Å². The van der Waals surface area contributed by atoms with Crippen molar-refractivity contribution in [3.63, 3.8) is 0 Å². The summed E-state index contributed by atoms with van der Waals surface area (Å²) in [5.41, 5.74) is 0.796. The number of hydrogen-bond acceptors (Lipinski definition) is 5. The third kappa shape index (κ3) is 4.28. The maximum atomic E-state index is 12.4. The van der Waals surface area contributed by atoms with E-state index in [0.29, 0.717) is 24.3 Å². The molecule has 2 aromatic rings. The van der Waals surface area contributed by atoms with Crippen molar-refractivity contribution >= 4 is 5.91 Å². The number of aromatic nitrogens is 1. The highest BCUT2D eigenvalue weighted by Crippen LogP contribution is 2.37. The highest BCUT2D eigenvalue weighted by molar-refractivity contribution is 5.78. The van der Waals surface area contributed by atoms with Crippen LogP contribution in [-0.2, 0) is 4.79 Å². The quantitative estimate of drug-likeness (QED) is 0.805. The molecule has 1 amide bonds. The van der Waals surface area contributed by atoms with E-state index in [-0.39, 0.29) is 30.6 Å². The lowest BCUT2D eigenvalue weighted by Gasteiger charge is -2.37. The first kappa shape index (κ1) is 17.2. The molecule has 0 aliphatic heterocycles. The molecular weight excluding hydrogens is 320 g/mol. The van der Waals surface area contributed by atoms with Gasteiger partial charge in [0.15, 0.2) is 18.1 Å². The van der Waals surface area contributed by atoms with Crippen LogP contribution in [0, 0.1) is 5.92 Å². The van der Waals surface area contributed by atoms with Crippen LogP contribution in [0.2, 0.25) is 0 Å². The van der Waals surface area contributed by atoms with Gasteiger partial charge in [0.1, 0.15) is 0 Å². The minimum absolute atomic E-state index is 0.112. The van der Waals surface area contributed by atoms with Gasteiger partial charge >= 0.3 is 0 Å². The molecule has 1 unspecified atom stereocenters. The van der Waals surface area contributed by atoms with E-state index in [1.54, 1.807) is 25.4 Å². The largest absolute Gasteiger partial charge is 0.493 e. The SMILES string of the molecule is COc1ccccc1OCC(=O)NC(c1ccccn1)C1CC(O)C1. The molecule has 1 heterocycles. The summed E-state index contributed by atoms with van der Waals surface area (Å²) < 4.78 is 10.8. The van der Waals surface area contributed by atoms with Crippen LogP contribution < -0.4 is 14.8 Å². The van der Waals surface area contributed by atoms with Crippen molar-refractivity contribution in [3.05, 3.63) is 54.4 Å². The number of carbonyl (C=O) groups is 1. The van der Waals surface area contributed by atoms with E-state index in [1.165, 1.54) is 0 Å². The molecule has 1 aromatic carbocycles. The van der Waals surface area contributed by atoms with Gasteiger partial charge in [0.25, 0.3) is 5.91 Å². The van der Waals surface area contributed by atoms with Crippen LogP contribution in [0.3, 0.4) is 0 Å². The van der Waals surface area contributed by atoms with E-state index in [0.717, 1.165) is 5.69 Å². The Morgan fingerprint density at radius 3 is 2.60 bits per heavy atom. The maximum Gasteiger partial charge on any atom is 0.258 e. The van der Waals surface area contributed by atoms with Crippen LogP contribution >= 0.6 is 0 Å². The Bertz CT molecular complexity index is 702. The number of nitrogens with one attached hydrogen (secondary N) is 1. The number of hydrogen-bond donors (Lipinski definition) is 2. The van der Waals surface area contributed by atoms with Gasteiger partial charge in [-0.1, -0.05) is 18.2 Å². The molecule has 3 rings (SSSR count). The number of aliphatic hydroxyl groups excluding tert-OH is 1. The van der Waals surface area contributed by atoms with E-state index in [4.69, 9.17) is 9.47 Å². The molecule has 1 fully saturated rings. The number of pyridine rings is 1. The minimum atomic E-state index is -0.294. The normalized spacial score (nSPS) is 20.2. The Labute approximate surface area is 146 Å². The molecule has 0 saturated heterocycles. The van der Waals surface area contributed by atoms with Crippen molar-refractivity contribution in [2.45, 2.75) is 25.0 Å². The Morgan fingerprint density at radius 2 is 1.96 bits per heavy atom. The predicted molar refractivity (Wildman–Crippen MR) is 92.3 cm³/mol. The predicted octanol–water partition coefficient (Wildman–Crippen LogP) is 2.10. The Morgan fingerprint density at radius 1 is 1.24 bits per heavy atom. The molecule has 25 heavy (non-hydrogen) atoms. The topological polar surface area (TPSA) is 80.7 Å². The van der Waals surface area contributed by atoms with Gasteiger partial charge < -0.3 is 19.9 Å². The van der Waals surface area contributed by atoms with Crippen molar-refractivity contribution in [1.82, 2.24) is 10.3 Å². The lowest BCUT2D eigenvalue weighted by molar-refractivity contribution is -0.125. The third-order valence-electron chi connectivity index (χ3n) is 4.37. The smallest absolute Gasteiger partial charge is 0.258 e. The summed E-state index contributed by atoms with van der Waals surface area (Å²) in [6.07, 6.45) is 2.73. The molecular formula is C19H22N2O4. The lowest BCUT2D eigenvalue weighted by atomic mass is 9.76. The van der Waals surface area contributed by atoms with Crippen LogP contribution in [0.4, 0.5) is 0 Å². The number of carbonyl (C=O) groups excluding carboxylic acids is 1. The molecule has 0 spiro atoms. The monoisotopic (exact) mass is 342 g/mol. The summed E-state index contributed by atoms with van der Waals surface area (Å²) in [5, 5.41) is 12.6. The third-order valence-corrected chi connectivity index (χ3v) is 4.37. The number of ether oxygens (including phenoxy) is 2. The maximum absolute atomic E-state index is 12.4. The van der Waals surface area contributed by atoms with E-state index in [1.807, 2.05) is 30.3 Å². The van der Waals surface area contributed by atoms with Crippen molar-refractivity contribution in [3.8, 4) is 11.5 Å². The number of amides is 1. The van der Waals surface area contributed by atoms with Crippen LogP contribution in [0.1, 0.15) is 24.6 Å². The standard InChI is InChI=1S/C19H22N2O4/c1-24-16-7-2-3-8-17(16)25-12-18(23)21-19(13-10-14(22)11-13)15-6-4-5-9-20-15/h2-9,13-14,19,22H,10-12H2,1H3,(H,21,23). The summed E-state index contributed by atoms with van der Waals surface area (Å²) in [6, 6.07) is 12.6. The van der Waals surface area contributed by atoms with E-state index in [2.05, 4.69) is 10.3 Å². The zero-order chi connectivity index (χ0) is 17.6. The second kappa shape index (κ2) is 7.98. The number of nitrogens with zero attached hydrogens (tertiary/aromatic N) is 1. The number of aliphatic hydroxyl groups is 1. The molecule has 1 saturated carbocycles. The number of methoxy groups -OCH3 is 1. The Balaban J connectivity index is 1.62. The number of para-hydroxylation sites is 2. The van der Waals surface area contributed by atoms with Crippen LogP contribution in [0.25, 0.3) is 0 Å². The fourth-order valence-corrected chi connectivity index (χ4v) is 2.99. The average molecular weight is 342 g/mol. The number of rotatable bonds is 7. The van der Waals surface area contributed by atoms with Gasteiger partial charge in [-0.3, -0.25) is 9.78 Å². The zero-order valence-corrected chi connectivity index (χ0v) is 14.1. The van der Waals surface area contributed by atoms with E-state index in [9.17, 15) is 9.90 Å². The minimum Gasteiger partial charge on any atom is -0.493 e. The summed E-state index contributed by atoms with van der Waals surface area (Å²) in [4.78, 5) is 16.7. The summed E-state index contributed by atoms with van der Waals surface area (Å²) in [7, 11) is 1.56. The van der Waals surface area contributed by atoms with Crippen molar-refractivity contribution in [1.29, 1.82) is 0 Å². The Hall–Kier alpha value is -2.60. The molecule has 1 aromatic heterocycles. The van der Waals surface area contributed by atoms with Crippen molar-refractivity contribution < 1.29 is 19.4 Å². The summed E-state index contributed by atoms with van der Waals surface area (Å²) in [5.74, 6) is 1.05. The highest BCUT2D eigenvalue weighted by atomic mass is 16.5. The van der Waals surface area contributed by atoms with Crippen LogP contribution in [0.15, 0.2) is 48.7 Å². The second-order valence-corrected chi connectivity index (χ2v) is 6.12. The fraction of sp³-hybridized carbons (Fsp3) is 0.368. The van der Waals surface area contributed by atoms with Gasteiger partial charge in [0, 0.05) is 6.20 Å². The van der Waals surface area contributed by atoms with Crippen LogP contribution in [0.5, 0.6) is 11.5 Å². The Kier molecular flexibility index (Phi) is 5.50. The molecule has 0 radical (unpaired) electrons. The van der Waals surface area contributed by atoms with Gasteiger partial charge in [-0.05, 0) is 43.0 Å². The van der Waals surface area contributed by atoms with Gasteiger partial charge in [0.05, 0.1) is 24.9 Å². The first-order chi connectivity index (χ1) is 12.2. The first-order valence-electron chi connectivity index (χ1n) is 8.31. The summed E-state index contributed by atoms with van der Waals surface area (Å²) >= 11 is 0. The molecule has 1 aliphatic rings. The molecule has 1 aliphatic carbocycles. The number of benzene rings is 1. The molecule has 132 valence electrons. The van der Waals surface area contributed by atoms with Crippen molar-refractivity contribution in [2.75, 3.05) is 13.7 Å². The zero-order valence-electron chi connectivity index (χ0n) is 14.1. The van der Waals surface area contributed by atoms with Gasteiger partial charge in [0.2, 0.25) is 0 Å². The second-order valence-electron chi connectivity index (χ2n) is 6.12. The average Bonchev–Trinajstić information content (AvgIpc) is 2.63. The van der Waals surface area contributed by atoms with Gasteiger partial charge in [-0.2, -0.15) is 0 Å². The van der Waals surface area contributed by atoms with Crippen LogP contribution in [-0.4, -0.2) is 35.8 Å². The molecule has 2 N–H and O–H groups in total.